The number of carbonyl (C=O) groups excluding carboxylic acids is 4. The van der Waals surface area contributed by atoms with Gasteiger partial charge in [-0.05, 0) is 178 Å². The Morgan fingerprint density at radius 3 is 1.13 bits per heavy atom. The monoisotopic (exact) mass is 2430 g/mol. The SMILES string of the molecule is Brc1ccc(-c2cc(-c3ccccc3)nc(-c3ccccc3)c2)cc1.CC(=O)c1ccccc1.C[C@@H]1CCCC[C@H]1N.F.O=C(/C=C/c1ccc(Br)cc1)c1ccccc1.O=C(C[n+]1ccccc1)c1ccccc1.O=Cc1ccc(Br)cc1.O=[P+]([O-])O[O-].[Br-].[Cu][I].[K+].[K][K].c1ccc(-c2cc(-c3ccc(-n4c5ccccc5c5ccccc54)cc3)cc(-c3ccccc3)n2)cc1.c1ccc2c(c1)Cc1ccccc1-2. The second kappa shape index (κ2) is 67.9. The molecule has 19 aromatic rings. The second-order valence-corrected chi connectivity index (χ2v) is 35.7. The molecule has 2 N–H and O–H groups in total. The zero-order valence-electron chi connectivity index (χ0n) is 80.7. The van der Waals surface area contributed by atoms with E-state index in [4.69, 9.17) is 30.4 Å². The Hall–Kier alpha value is -8.08. The van der Waals surface area contributed by atoms with Gasteiger partial charge < -0.3 is 37.4 Å². The number of allylic oxidation sites excluding steroid dienone is 1. The molecule has 3 atom stereocenters. The van der Waals surface area contributed by atoms with E-state index >= 15 is 0 Å². The number of rotatable bonds is 16. The Kier molecular flexibility index (Phi) is 57.2. The van der Waals surface area contributed by atoms with Crippen LogP contribution in [0.2, 0.25) is 0 Å². The molecule has 0 bridgehead atoms. The van der Waals surface area contributed by atoms with E-state index in [2.05, 4.69) is 319 Å². The van der Waals surface area contributed by atoms with Gasteiger partial charge in [0.15, 0.2) is 24.0 Å². The Labute approximate surface area is 992 Å². The summed E-state index contributed by atoms with van der Waals surface area (Å²) in [5.74, 6) is 1.06. The molecule has 0 amide bonds. The van der Waals surface area contributed by atoms with Gasteiger partial charge in [0, 0.05) is 92.6 Å². The third-order valence-corrected chi connectivity index (χ3v) is 24.5. The summed E-state index contributed by atoms with van der Waals surface area (Å²) < 4.78 is 18.7. The molecule has 0 aliphatic heterocycles. The van der Waals surface area contributed by atoms with Crippen molar-refractivity contribution in [1.29, 1.82) is 0 Å². The van der Waals surface area contributed by atoms with Crippen molar-refractivity contribution >= 4 is 191 Å². The summed E-state index contributed by atoms with van der Waals surface area (Å²) in [7, 11) is -3.15. The maximum absolute atomic E-state index is 11.8. The topological polar surface area (TPSA) is 201 Å². The molecule has 15 aromatic carbocycles. The Morgan fingerprint density at radius 2 is 0.772 bits per heavy atom. The molecule has 21 rings (SSSR count). The van der Waals surface area contributed by atoms with Crippen LogP contribution in [0.1, 0.15) is 97.7 Å². The van der Waals surface area contributed by atoms with Gasteiger partial charge in [-0.2, -0.15) is 4.57 Å². The summed E-state index contributed by atoms with van der Waals surface area (Å²) in [4.78, 5) is 63.1. The van der Waals surface area contributed by atoms with Crippen LogP contribution in [-0.2, 0) is 35.0 Å². The van der Waals surface area contributed by atoms with Gasteiger partial charge >= 0.3 is 156 Å². The first-order valence-electron chi connectivity index (χ1n) is 46.3. The minimum Gasteiger partial charge on any atom is -0.309 e. The number of ketones is 3. The number of aldehydes is 1. The molecule has 4 heterocycles. The van der Waals surface area contributed by atoms with Gasteiger partial charge in [-0.1, -0.05) is 425 Å². The van der Waals surface area contributed by atoms with Gasteiger partial charge in [0.25, 0.3) is 0 Å². The predicted molar refractivity (Wildman–Crippen MR) is 597 cm³/mol. The predicted octanol–water partition coefficient (Wildman–Crippen LogP) is 23.7. The van der Waals surface area contributed by atoms with Crippen molar-refractivity contribution in [3.8, 4) is 84.1 Å². The number of fused-ring (bicyclic) bond motifs is 6. The molecule has 0 spiro atoms. The van der Waals surface area contributed by atoms with Crippen LogP contribution in [0, 0.1) is 5.92 Å². The van der Waals surface area contributed by atoms with Crippen LogP contribution >= 0.6 is 76.4 Å². The van der Waals surface area contributed by atoms with E-state index in [0.717, 1.165) is 105 Å². The number of carbonyl (C=O) groups is 4. The first-order chi connectivity index (χ1) is 69.4. The van der Waals surface area contributed by atoms with Gasteiger partial charge in [0.05, 0.1) is 33.8 Å². The fourth-order valence-corrected chi connectivity index (χ4v) is 16.4. The van der Waals surface area contributed by atoms with Crippen LogP contribution in [0.3, 0.4) is 0 Å². The molecule has 0 radical (unpaired) electrons. The summed E-state index contributed by atoms with van der Waals surface area (Å²) in [6.07, 6.45) is 14.5. The third kappa shape index (κ3) is 39.7. The molecule has 24 heteroatoms. The molecule has 1 fully saturated rings. The van der Waals surface area contributed by atoms with Crippen molar-refractivity contribution in [1.82, 2.24) is 14.5 Å². The number of aromatic nitrogens is 4. The van der Waals surface area contributed by atoms with Gasteiger partial charge in [-0.25, -0.2) is 14.6 Å². The number of nitrogens with zero attached hydrogens (tertiary/aromatic N) is 4. The van der Waals surface area contributed by atoms with Crippen LogP contribution < -0.4 is 88.8 Å². The van der Waals surface area contributed by atoms with Crippen molar-refractivity contribution in [2.75, 3.05) is 0 Å². The van der Waals surface area contributed by atoms with Crippen molar-refractivity contribution in [3.05, 3.63) is 520 Å². The average molecular weight is 2430 g/mol. The zero-order chi connectivity index (χ0) is 101. The Bertz CT molecular complexity index is 6970. The van der Waals surface area contributed by atoms with Gasteiger partial charge in [0.1, 0.15) is 6.29 Å². The van der Waals surface area contributed by atoms with Crippen LogP contribution in [0.15, 0.2) is 481 Å². The van der Waals surface area contributed by atoms with Gasteiger partial charge in [-0.3, -0.25) is 23.9 Å². The number of halogens is 6. The number of hydrogen-bond acceptors (Lipinski definition) is 11. The molecular weight excluding hydrogens is 2330 g/mol. The van der Waals surface area contributed by atoms with Gasteiger partial charge in [-0.15, -0.1) is 0 Å². The molecule has 1 unspecified atom stereocenters. The Morgan fingerprint density at radius 1 is 0.448 bits per heavy atom. The number of benzene rings is 15. The van der Waals surface area contributed by atoms with E-state index < -0.39 is 8.25 Å². The number of hydrogen-bond donors (Lipinski definition) is 1. The van der Waals surface area contributed by atoms with E-state index in [-0.39, 0.29) is 90.4 Å². The molecule has 4 aromatic heterocycles. The van der Waals surface area contributed by atoms with Crippen molar-refractivity contribution < 1.29 is 129 Å². The number of Topliss-reactive ketones (excluding diaryl/α,β-unsaturated/α-hetero) is 2. The third-order valence-electron chi connectivity index (χ3n) is 22.8. The van der Waals surface area contributed by atoms with Crippen molar-refractivity contribution in [2.45, 2.75) is 58.5 Å². The molecule has 0 saturated heterocycles. The molecule has 2 aliphatic carbocycles. The van der Waals surface area contributed by atoms with Gasteiger partial charge in [0.2, 0.25) is 12.3 Å². The number of para-hydroxylation sites is 2. The fraction of sp³-hybridized carbons (Fsp3) is 0.0826. The van der Waals surface area contributed by atoms with Crippen LogP contribution in [0.25, 0.3) is 112 Å². The maximum Gasteiger partial charge on any atom is 0.0715 e. The van der Waals surface area contributed by atoms with E-state index in [1.54, 1.807) is 45.5 Å². The standard InChI is InChI=1S/C35H24N2.C23H16BrN.C15H11BrO.C13H12NO.C13H10.C8H8O.C7H5BrO.C7H15N.BrH.Cu.FH.HI.3K.HO4P/c1-3-11-26(12-4-1)32-23-28(24-33(36-32)27-13-5-2-6-14-27)25-19-21-29(22-20-25)37-34-17-9-7-15-30(34)31-16-8-10-18-35(31)37;24-21-13-11-17(12-14-21)20-15-22(18-7-3-1-4-8-18)25-23(16-20)19-9-5-2-6-10-19;16-14-9-6-12(7-10-14)8-11-15(17)13-4-2-1-3-5-13;15-13(12-7-3-1-4-8-12)11-14-9-5-2-6-10-14;1-3-7-12-10(5-1)9-11-6-2-4-8-13(11)12;1-7(9)8-5-3-2-4-6-8;8-7-3-1-6(5-9)2-4-7;1-6-4-2-3-5-7(6)8;;;;;;;;1-4-5(2)3/h1-24H;1-16H;1-11H;1-10H,11H2;1-8H,9H2;2-6H,1H3;1-5H;6-7H,2-5,8H2,1H3;1H;;2*1H;;;;1H/q;;;+1;;;;;;+1;;;;;+1;/p-3/b;;11-8+;;;;;;;;;;;;;/t;;;;;;;6-,7-;;;;;;;;/m.......1......../s1. The molecule has 720 valence electrons. The van der Waals surface area contributed by atoms with Crippen LogP contribution in [-0.4, -0.2) is 107 Å². The minimum atomic E-state index is -3.15. The number of nitrogens with two attached hydrogens (primary N) is 1. The maximum atomic E-state index is 11.8. The van der Waals surface area contributed by atoms with Crippen molar-refractivity contribution in [3.63, 3.8) is 0 Å². The molecular formula is C121H102Br4CuFIK3N5O8P. The minimum absolute atomic E-state index is 0. The normalized spacial score (nSPS) is 11.9. The Balaban J connectivity index is 0.000000210. The fourth-order valence-electron chi connectivity index (χ4n) is 15.6. The first kappa shape index (κ1) is 122. The van der Waals surface area contributed by atoms with E-state index in [1.165, 1.54) is 150 Å². The average Bonchev–Trinajstić information content (AvgIpc) is 1.59. The largest absolute Gasteiger partial charge is 0.309 e. The molecule has 145 heavy (non-hydrogen) atoms. The summed E-state index contributed by atoms with van der Waals surface area (Å²) in [6.45, 7) is 4.21. The first-order valence-corrected chi connectivity index (χ1v) is 68.8. The second-order valence-electron chi connectivity index (χ2n) is 32.4. The summed E-state index contributed by atoms with van der Waals surface area (Å²) in [5.41, 5.74) is 32.2. The molecule has 2 aliphatic rings. The summed E-state index contributed by atoms with van der Waals surface area (Å²) in [6, 6.07) is 151. The smallest absolute Gasteiger partial charge is 0.0715 e. The van der Waals surface area contributed by atoms with Crippen LogP contribution in [0.4, 0.5) is 4.70 Å². The van der Waals surface area contributed by atoms with E-state index in [9.17, 15) is 19.2 Å². The summed E-state index contributed by atoms with van der Waals surface area (Å²) >= 11 is 18.5. The molecule has 13 nitrogen and oxygen atoms in total. The van der Waals surface area contributed by atoms with E-state index in [0.29, 0.717) is 23.7 Å². The zero-order valence-corrected chi connectivity index (χ0v) is 100. The van der Waals surface area contributed by atoms with Crippen molar-refractivity contribution in [2.24, 2.45) is 11.7 Å². The summed E-state index contributed by atoms with van der Waals surface area (Å²) in [5, 5.41) is 11.1. The van der Waals surface area contributed by atoms with Crippen LogP contribution in [0.5, 0.6) is 0 Å². The number of pyridine rings is 3. The van der Waals surface area contributed by atoms with E-state index in [1.807, 2.05) is 217 Å². The molecule has 1 saturated carbocycles. The quantitative estimate of drug-likeness (QED) is 0.0111.